The molecule has 0 aromatic carbocycles. The number of pyridine rings is 1. The number of aliphatic hydroxyl groups excluding tert-OH is 1. The van der Waals surface area contributed by atoms with Crippen LogP contribution in [0, 0.1) is 23.7 Å². The average Bonchev–Trinajstić information content (AvgIpc) is 3.05. The standard InChI is InChI=1S/C37H58N2O12/c1-11-26-37(8,45)32-21(4)29(49-35(43)51-32)19(2)17-36(7,44)31(50-34-28(41)25(39(9)10)15-20(3)46-34)22(5)30(23(6)33(42)47-26)48-27(40)16-24-13-12-14-38-18-24/h12-14,18-23,25-26,28-32,34,41,44-45H,11,15-17H2,1-10H3/t19-,20-,21+,22+,23-,25+,26-,28-,29?,30+,31-,32-,34+,36-,37-/m1/s1. The summed E-state index contributed by atoms with van der Waals surface area (Å²) in [7, 11) is 3.70. The fourth-order valence-electron chi connectivity index (χ4n) is 8.32. The van der Waals surface area contributed by atoms with Gasteiger partial charge >= 0.3 is 18.1 Å². The zero-order valence-electron chi connectivity index (χ0n) is 31.6. The third-order valence-electron chi connectivity index (χ3n) is 11.0. The Morgan fingerprint density at radius 2 is 1.75 bits per heavy atom. The maximum Gasteiger partial charge on any atom is 0.508 e. The minimum Gasteiger partial charge on any atom is -0.461 e. The molecule has 3 saturated heterocycles. The summed E-state index contributed by atoms with van der Waals surface area (Å²) in [6, 6.07) is 3.10. The summed E-state index contributed by atoms with van der Waals surface area (Å²) in [5, 5.41) is 35.8. The Balaban J connectivity index is 1.82. The van der Waals surface area contributed by atoms with Crippen molar-refractivity contribution in [1.29, 1.82) is 0 Å². The molecule has 4 rings (SSSR count). The van der Waals surface area contributed by atoms with E-state index in [0.29, 0.717) is 12.0 Å². The minimum absolute atomic E-state index is 0.00101. The monoisotopic (exact) mass is 722 g/mol. The van der Waals surface area contributed by atoms with Gasteiger partial charge < -0.3 is 48.6 Å². The predicted octanol–water partition coefficient (Wildman–Crippen LogP) is 3.02. The molecule has 0 amide bonds. The maximum absolute atomic E-state index is 14.0. The molecule has 1 aromatic rings. The van der Waals surface area contributed by atoms with Gasteiger partial charge in [-0.1, -0.05) is 33.8 Å². The van der Waals surface area contributed by atoms with Crippen LogP contribution in [0.4, 0.5) is 4.79 Å². The number of likely N-dealkylation sites (N-methyl/N-ethyl adjacent to an activating group) is 1. The highest BCUT2D eigenvalue weighted by atomic mass is 16.7. The Kier molecular flexibility index (Phi) is 13.2. The van der Waals surface area contributed by atoms with E-state index in [1.165, 1.54) is 6.92 Å². The lowest BCUT2D eigenvalue weighted by molar-refractivity contribution is -0.300. The van der Waals surface area contributed by atoms with E-state index < -0.39 is 95.9 Å². The number of ether oxygens (including phenoxy) is 6. The number of carbonyl (C=O) groups is 3. The van der Waals surface area contributed by atoms with Crippen LogP contribution in [0.25, 0.3) is 0 Å². The van der Waals surface area contributed by atoms with Gasteiger partial charge in [-0.2, -0.15) is 0 Å². The quantitative estimate of drug-likeness (QED) is 0.276. The minimum atomic E-state index is -1.83. The van der Waals surface area contributed by atoms with E-state index in [1.807, 2.05) is 32.8 Å². The highest BCUT2D eigenvalue weighted by Gasteiger charge is 2.56. The van der Waals surface area contributed by atoms with E-state index in [4.69, 9.17) is 28.4 Å². The fraction of sp³-hybridized carbons (Fsp3) is 0.784. The van der Waals surface area contributed by atoms with Gasteiger partial charge in [0.15, 0.2) is 6.29 Å². The van der Waals surface area contributed by atoms with Gasteiger partial charge in [0.2, 0.25) is 0 Å². The Bertz CT molecular complexity index is 1340. The highest BCUT2D eigenvalue weighted by Crippen LogP contribution is 2.42. The fourth-order valence-corrected chi connectivity index (χ4v) is 8.32. The van der Waals surface area contributed by atoms with Crippen molar-refractivity contribution in [3.05, 3.63) is 30.1 Å². The van der Waals surface area contributed by atoms with E-state index in [-0.39, 0.29) is 31.4 Å². The average molecular weight is 723 g/mol. The molecule has 0 saturated carbocycles. The lowest BCUT2D eigenvalue weighted by Crippen LogP contribution is -2.62. The van der Waals surface area contributed by atoms with Crippen LogP contribution in [-0.2, 0) is 44.4 Å². The summed E-state index contributed by atoms with van der Waals surface area (Å²) >= 11 is 0. The number of esters is 2. The Morgan fingerprint density at radius 1 is 1.06 bits per heavy atom. The number of rotatable bonds is 7. The van der Waals surface area contributed by atoms with Gasteiger partial charge in [0.25, 0.3) is 0 Å². The second kappa shape index (κ2) is 16.4. The summed E-state index contributed by atoms with van der Waals surface area (Å²) in [5.41, 5.74) is -2.97. The normalized spacial score (nSPS) is 42.6. The lowest BCUT2D eigenvalue weighted by atomic mass is 9.73. The van der Waals surface area contributed by atoms with Gasteiger partial charge in [-0.25, -0.2) is 4.79 Å². The number of aromatic nitrogens is 1. The molecule has 1 aromatic heterocycles. The summed E-state index contributed by atoms with van der Waals surface area (Å²) in [5.74, 6) is -4.55. The number of carbonyl (C=O) groups excluding carboxylic acids is 3. The highest BCUT2D eigenvalue weighted by molar-refractivity contribution is 5.76. The molecule has 288 valence electrons. The first kappa shape index (κ1) is 40.9. The number of cyclic esters (lactones) is 1. The van der Waals surface area contributed by atoms with E-state index in [9.17, 15) is 29.7 Å². The third-order valence-corrected chi connectivity index (χ3v) is 11.0. The predicted molar refractivity (Wildman–Crippen MR) is 183 cm³/mol. The number of nitrogens with zero attached hydrogens (tertiary/aromatic N) is 2. The van der Waals surface area contributed by atoms with Gasteiger partial charge in [-0.15, -0.1) is 0 Å². The van der Waals surface area contributed by atoms with Crippen LogP contribution in [0.3, 0.4) is 0 Å². The van der Waals surface area contributed by atoms with Crippen molar-refractivity contribution in [3.63, 3.8) is 0 Å². The van der Waals surface area contributed by atoms with E-state index in [1.54, 1.807) is 59.1 Å². The van der Waals surface area contributed by atoms with Crippen LogP contribution in [0.15, 0.2) is 24.5 Å². The smallest absolute Gasteiger partial charge is 0.461 e. The van der Waals surface area contributed by atoms with Crippen molar-refractivity contribution in [2.24, 2.45) is 23.7 Å². The van der Waals surface area contributed by atoms with E-state index in [0.717, 1.165) is 0 Å². The topological polar surface area (TPSA) is 183 Å². The Labute approximate surface area is 301 Å². The molecule has 15 atom stereocenters. The van der Waals surface area contributed by atoms with Crippen molar-refractivity contribution in [2.45, 2.75) is 147 Å². The van der Waals surface area contributed by atoms with Crippen molar-refractivity contribution in [3.8, 4) is 0 Å². The van der Waals surface area contributed by atoms with Gasteiger partial charge in [0.1, 0.15) is 36.1 Å². The molecule has 0 aliphatic carbocycles. The van der Waals surface area contributed by atoms with Crippen LogP contribution in [-0.4, -0.2) is 124 Å². The number of hydrogen-bond donors (Lipinski definition) is 3. The van der Waals surface area contributed by atoms with Gasteiger partial charge in [0, 0.05) is 30.3 Å². The van der Waals surface area contributed by atoms with Crippen molar-refractivity contribution < 1.29 is 58.1 Å². The molecule has 3 aliphatic rings. The second-order valence-corrected chi connectivity index (χ2v) is 15.6. The maximum atomic E-state index is 14.0. The Hall–Kier alpha value is -2.88. The van der Waals surface area contributed by atoms with Crippen LogP contribution in [0.5, 0.6) is 0 Å². The Morgan fingerprint density at radius 3 is 2.35 bits per heavy atom. The summed E-state index contributed by atoms with van der Waals surface area (Å²) < 4.78 is 36.0. The summed E-state index contributed by atoms with van der Waals surface area (Å²) in [6.07, 6.45) is -5.35. The second-order valence-electron chi connectivity index (χ2n) is 15.6. The largest absolute Gasteiger partial charge is 0.508 e. The van der Waals surface area contributed by atoms with Gasteiger partial charge in [-0.05, 0) is 78.6 Å². The van der Waals surface area contributed by atoms with E-state index in [2.05, 4.69) is 4.98 Å². The van der Waals surface area contributed by atoms with Gasteiger partial charge in [0.05, 0.1) is 30.1 Å². The summed E-state index contributed by atoms with van der Waals surface area (Å²) in [6.45, 7) is 13.4. The molecular weight excluding hydrogens is 664 g/mol. The molecule has 2 bridgehead atoms. The van der Waals surface area contributed by atoms with Crippen LogP contribution >= 0.6 is 0 Å². The zero-order valence-corrected chi connectivity index (χ0v) is 31.6. The van der Waals surface area contributed by atoms with Gasteiger partial charge in [-0.3, -0.25) is 14.6 Å². The third kappa shape index (κ3) is 9.20. The molecule has 4 heterocycles. The molecule has 0 radical (unpaired) electrons. The van der Waals surface area contributed by atoms with Crippen LogP contribution in [0.1, 0.15) is 80.2 Å². The summed E-state index contributed by atoms with van der Waals surface area (Å²) in [4.78, 5) is 46.3. The molecular formula is C37H58N2O12. The number of fused-ring (bicyclic) bond motifs is 2. The molecule has 51 heavy (non-hydrogen) atoms. The molecule has 14 heteroatoms. The molecule has 14 nitrogen and oxygen atoms in total. The zero-order chi connectivity index (χ0) is 38.0. The molecule has 3 aliphatic heterocycles. The number of aliphatic hydroxyl groups is 3. The van der Waals surface area contributed by atoms with Crippen molar-refractivity contribution in [2.75, 3.05) is 14.1 Å². The first-order chi connectivity index (χ1) is 23.8. The lowest BCUT2D eigenvalue weighted by Gasteiger charge is -2.49. The van der Waals surface area contributed by atoms with Crippen molar-refractivity contribution in [1.82, 2.24) is 9.88 Å². The van der Waals surface area contributed by atoms with Crippen LogP contribution in [0.2, 0.25) is 0 Å². The van der Waals surface area contributed by atoms with Crippen molar-refractivity contribution >= 4 is 18.1 Å². The molecule has 1 unspecified atom stereocenters. The molecule has 3 fully saturated rings. The first-order valence-electron chi connectivity index (χ1n) is 18.0. The molecule has 0 spiro atoms. The SMILES string of the molecule is CC[C@H]1OC(=O)[C@H](C)[C@@H](OC(=O)Cc2cccnc2)[C@H](C)[C@@H](O[C@@H]2O[C@H](C)C[C@H](N(C)C)[C@H]2O)[C@](C)(O)C[C@@H](C)C2OC(=O)O[C@H]([C@H]2C)[C@]1(C)O. The van der Waals surface area contributed by atoms with Crippen LogP contribution < -0.4 is 0 Å². The van der Waals surface area contributed by atoms with E-state index >= 15 is 0 Å². The first-order valence-corrected chi connectivity index (χ1v) is 18.0. The molecule has 3 N–H and O–H groups in total. The number of hydrogen-bond acceptors (Lipinski definition) is 14.